The van der Waals surface area contributed by atoms with Crippen molar-refractivity contribution < 1.29 is 9.53 Å². The predicted octanol–water partition coefficient (Wildman–Crippen LogP) is 4.61. The first-order valence-electron chi connectivity index (χ1n) is 8.27. The third-order valence-corrected chi connectivity index (χ3v) is 5.24. The fourth-order valence-electron chi connectivity index (χ4n) is 2.91. The molecular weight excluding hydrogens is 359 g/mol. The zero-order valence-electron chi connectivity index (χ0n) is 14.0. The fourth-order valence-corrected chi connectivity index (χ4v) is 3.24. The van der Waals surface area contributed by atoms with Crippen molar-refractivity contribution in [3.05, 3.63) is 58.1 Å². The molecule has 0 spiro atoms. The van der Waals surface area contributed by atoms with Gasteiger partial charge in [0.15, 0.2) is 0 Å². The largest absolute Gasteiger partial charge is 0.456 e. The lowest BCUT2D eigenvalue weighted by molar-refractivity contribution is 0.0707. The van der Waals surface area contributed by atoms with E-state index in [4.69, 9.17) is 27.9 Å². The Labute approximate surface area is 157 Å². The van der Waals surface area contributed by atoms with Gasteiger partial charge in [-0.2, -0.15) is 0 Å². The van der Waals surface area contributed by atoms with Gasteiger partial charge in [-0.1, -0.05) is 29.3 Å². The number of ether oxygens (including phenoxy) is 1. The Kier molecular flexibility index (Phi) is 5.84. The van der Waals surface area contributed by atoms with E-state index in [-0.39, 0.29) is 5.91 Å². The van der Waals surface area contributed by atoms with E-state index in [9.17, 15) is 4.79 Å². The van der Waals surface area contributed by atoms with Crippen LogP contribution in [0.5, 0.6) is 11.5 Å². The quantitative estimate of drug-likeness (QED) is 0.844. The summed E-state index contributed by atoms with van der Waals surface area (Å²) >= 11 is 12.1. The molecule has 0 bridgehead atoms. The molecule has 2 aromatic carbocycles. The third-order valence-electron chi connectivity index (χ3n) is 4.44. The summed E-state index contributed by atoms with van der Waals surface area (Å²) in [4.78, 5) is 14.5. The normalized spacial score (nSPS) is 15.2. The summed E-state index contributed by atoms with van der Waals surface area (Å²) in [5.74, 6) is 1.15. The molecule has 6 heteroatoms. The van der Waals surface area contributed by atoms with Gasteiger partial charge in [-0.3, -0.25) is 4.79 Å². The molecule has 1 aliphatic heterocycles. The molecule has 0 aliphatic carbocycles. The van der Waals surface area contributed by atoms with Crippen LogP contribution in [0.3, 0.4) is 0 Å². The van der Waals surface area contributed by atoms with Crippen molar-refractivity contribution in [3.63, 3.8) is 0 Å². The zero-order chi connectivity index (χ0) is 17.8. The Bertz CT molecular complexity index is 742. The van der Waals surface area contributed by atoms with Gasteiger partial charge in [0, 0.05) is 24.7 Å². The first-order chi connectivity index (χ1) is 12.1. The number of carbonyl (C=O) groups is 1. The van der Waals surface area contributed by atoms with E-state index in [2.05, 4.69) is 5.32 Å². The summed E-state index contributed by atoms with van der Waals surface area (Å²) in [5, 5.41) is 4.08. The Hall–Kier alpha value is -1.75. The van der Waals surface area contributed by atoms with Gasteiger partial charge >= 0.3 is 0 Å². The van der Waals surface area contributed by atoms with Gasteiger partial charge in [-0.05, 0) is 56.3 Å². The highest BCUT2D eigenvalue weighted by molar-refractivity contribution is 6.42. The SMILES string of the molecule is CNC1CCN(C(=O)c2ccc(Oc3cccc(Cl)c3Cl)cc2)CC1. The minimum absolute atomic E-state index is 0.0573. The van der Waals surface area contributed by atoms with E-state index in [1.165, 1.54) is 0 Å². The lowest BCUT2D eigenvalue weighted by atomic mass is 10.0. The Morgan fingerprint density at radius 1 is 1.12 bits per heavy atom. The Morgan fingerprint density at radius 2 is 1.80 bits per heavy atom. The number of amides is 1. The summed E-state index contributed by atoms with van der Waals surface area (Å²) < 4.78 is 5.75. The molecule has 1 fully saturated rings. The number of nitrogens with one attached hydrogen (secondary N) is 1. The van der Waals surface area contributed by atoms with E-state index >= 15 is 0 Å². The average Bonchev–Trinajstić information content (AvgIpc) is 2.65. The van der Waals surface area contributed by atoms with Crippen molar-refractivity contribution in [1.82, 2.24) is 10.2 Å². The van der Waals surface area contributed by atoms with Crippen molar-refractivity contribution in [3.8, 4) is 11.5 Å². The van der Waals surface area contributed by atoms with Crippen LogP contribution in [-0.4, -0.2) is 37.0 Å². The summed E-state index contributed by atoms with van der Waals surface area (Å²) in [5.41, 5.74) is 0.660. The van der Waals surface area contributed by atoms with Crippen molar-refractivity contribution in [2.75, 3.05) is 20.1 Å². The number of nitrogens with zero attached hydrogens (tertiary/aromatic N) is 1. The van der Waals surface area contributed by atoms with Gasteiger partial charge in [-0.25, -0.2) is 0 Å². The number of carbonyl (C=O) groups excluding carboxylic acids is 1. The molecule has 4 nitrogen and oxygen atoms in total. The van der Waals surface area contributed by atoms with Crippen LogP contribution in [0.4, 0.5) is 0 Å². The second kappa shape index (κ2) is 8.09. The summed E-state index contributed by atoms with van der Waals surface area (Å²) in [6, 6.07) is 12.8. The lowest BCUT2D eigenvalue weighted by Gasteiger charge is -2.31. The smallest absolute Gasteiger partial charge is 0.253 e. The summed E-state index contributed by atoms with van der Waals surface area (Å²) in [6.07, 6.45) is 1.97. The van der Waals surface area contributed by atoms with Crippen molar-refractivity contribution in [1.29, 1.82) is 0 Å². The summed E-state index contributed by atoms with van der Waals surface area (Å²) in [7, 11) is 1.97. The highest BCUT2D eigenvalue weighted by Crippen LogP contribution is 2.34. The number of rotatable bonds is 4. The molecule has 132 valence electrons. The van der Waals surface area contributed by atoms with Gasteiger partial charge in [-0.15, -0.1) is 0 Å². The number of benzene rings is 2. The second-order valence-electron chi connectivity index (χ2n) is 6.03. The molecule has 0 atom stereocenters. The molecule has 1 aliphatic rings. The molecule has 25 heavy (non-hydrogen) atoms. The van der Waals surface area contributed by atoms with Crippen LogP contribution < -0.4 is 10.1 Å². The minimum Gasteiger partial charge on any atom is -0.456 e. The lowest BCUT2D eigenvalue weighted by Crippen LogP contribution is -2.43. The number of hydrogen-bond acceptors (Lipinski definition) is 3. The van der Waals surface area contributed by atoms with E-state index in [0.29, 0.717) is 33.1 Å². The first kappa shape index (κ1) is 18.1. The highest BCUT2D eigenvalue weighted by Gasteiger charge is 2.22. The van der Waals surface area contributed by atoms with Crippen LogP contribution in [0.1, 0.15) is 23.2 Å². The second-order valence-corrected chi connectivity index (χ2v) is 6.82. The maximum absolute atomic E-state index is 12.6. The van der Waals surface area contributed by atoms with Gasteiger partial charge in [0.1, 0.15) is 16.5 Å². The van der Waals surface area contributed by atoms with Crippen molar-refractivity contribution >= 4 is 29.1 Å². The molecule has 0 radical (unpaired) electrons. The molecule has 0 unspecified atom stereocenters. The van der Waals surface area contributed by atoms with Crippen LogP contribution in [0.15, 0.2) is 42.5 Å². The maximum Gasteiger partial charge on any atom is 0.253 e. The topological polar surface area (TPSA) is 41.6 Å². The molecular formula is C19H20Cl2N2O2. The number of hydrogen-bond donors (Lipinski definition) is 1. The van der Waals surface area contributed by atoms with Gasteiger partial charge < -0.3 is 15.0 Å². The molecule has 0 saturated carbocycles. The van der Waals surface area contributed by atoms with Crippen LogP contribution in [0.25, 0.3) is 0 Å². The van der Waals surface area contributed by atoms with Crippen LogP contribution in [-0.2, 0) is 0 Å². The molecule has 1 amide bonds. The van der Waals surface area contributed by atoms with E-state index in [1.54, 1.807) is 42.5 Å². The maximum atomic E-state index is 12.6. The highest BCUT2D eigenvalue weighted by atomic mass is 35.5. The Morgan fingerprint density at radius 3 is 2.44 bits per heavy atom. The first-order valence-corrected chi connectivity index (χ1v) is 9.02. The van der Waals surface area contributed by atoms with Crippen molar-refractivity contribution in [2.24, 2.45) is 0 Å². The molecule has 2 aromatic rings. The zero-order valence-corrected chi connectivity index (χ0v) is 15.5. The average molecular weight is 379 g/mol. The number of piperidine rings is 1. The predicted molar refractivity (Wildman–Crippen MR) is 101 cm³/mol. The van der Waals surface area contributed by atoms with Crippen molar-refractivity contribution in [2.45, 2.75) is 18.9 Å². The molecule has 1 N–H and O–H groups in total. The molecule has 0 aromatic heterocycles. The van der Waals surface area contributed by atoms with E-state index in [1.807, 2.05) is 11.9 Å². The third kappa shape index (κ3) is 4.27. The number of likely N-dealkylation sites (tertiary alicyclic amines) is 1. The van der Waals surface area contributed by atoms with E-state index < -0.39 is 0 Å². The van der Waals surface area contributed by atoms with E-state index in [0.717, 1.165) is 25.9 Å². The standard InChI is InChI=1S/C19H20Cl2N2O2/c1-22-14-9-11-23(12-10-14)19(24)13-5-7-15(8-6-13)25-17-4-2-3-16(20)18(17)21/h2-8,14,22H,9-12H2,1H3. The summed E-state index contributed by atoms with van der Waals surface area (Å²) in [6.45, 7) is 1.56. The van der Waals surface area contributed by atoms with Crippen LogP contribution >= 0.6 is 23.2 Å². The molecule has 3 rings (SSSR count). The fraction of sp³-hybridized carbons (Fsp3) is 0.316. The minimum atomic E-state index is 0.0573. The number of halogens is 2. The van der Waals surface area contributed by atoms with Crippen LogP contribution in [0, 0.1) is 0 Å². The molecule has 1 saturated heterocycles. The Balaban J connectivity index is 1.66. The van der Waals surface area contributed by atoms with Gasteiger partial charge in [0.2, 0.25) is 0 Å². The van der Waals surface area contributed by atoms with Gasteiger partial charge in [0.05, 0.1) is 5.02 Å². The monoisotopic (exact) mass is 378 g/mol. The molecule has 1 heterocycles. The van der Waals surface area contributed by atoms with Crippen LogP contribution in [0.2, 0.25) is 10.0 Å². The van der Waals surface area contributed by atoms with Gasteiger partial charge in [0.25, 0.3) is 5.91 Å².